The highest BCUT2D eigenvalue weighted by Crippen LogP contribution is 2.42. The number of aryl methyl sites for hydroxylation is 1. The number of hydrogen-bond donors (Lipinski definition) is 1. The number of alkyl halides is 3. The van der Waals surface area contributed by atoms with Crippen molar-refractivity contribution >= 4 is 28.6 Å². The van der Waals surface area contributed by atoms with Crippen molar-refractivity contribution in [1.29, 1.82) is 0 Å². The van der Waals surface area contributed by atoms with Crippen LogP contribution >= 0.6 is 0 Å². The summed E-state index contributed by atoms with van der Waals surface area (Å²) in [5.74, 6) is -5.04. The number of nitrogens with zero attached hydrogens (tertiary/aromatic N) is 3. The van der Waals surface area contributed by atoms with Gasteiger partial charge in [0.25, 0.3) is 5.91 Å². The first-order valence-electron chi connectivity index (χ1n) is 11.0. The van der Waals surface area contributed by atoms with Gasteiger partial charge in [0, 0.05) is 36.3 Å². The van der Waals surface area contributed by atoms with Crippen LogP contribution in [0.1, 0.15) is 55.1 Å². The predicted octanol–water partition coefficient (Wildman–Crippen LogP) is 4.92. The zero-order valence-electron chi connectivity index (χ0n) is 20.1. The highest BCUT2D eigenvalue weighted by Gasteiger charge is 2.42. The van der Waals surface area contributed by atoms with E-state index < -0.39 is 47.0 Å². The molecule has 0 atom stereocenters. The van der Waals surface area contributed by atoms with E-state index in [0.717, 1.165) is 27.7 Å². The van der Waals surface area contributed by atoms with Gasteiger partial charge in [-0.2, -0.15) is 13.2 Å². The molecule has 0 spiro atoms. The van der Waals surface area contributed by atoms with Gasteiger partial charge in [-0.15, -0.1) is 0 Å². The first kappa shape index (κ1) is 25.4. The fourth-order valence-corrected chi connectivity index (χ4v) is 4.41. The summed E-state index contributed by atoms with van der Waals surface area (Å²) >= 11 is 0. The molecule has 0 saturated heterocycles. The van der Waals surface area contributed by atoms with Gasteiger partial charge in [0.05, 0.1) is 22.9 Å². The highest BCUT2D eigenvalue weighted by atomic mass is 19.4. The fraction of sp³-hybridized carbons (Fsp3) is 0.375. The second kappa shape index (κ2) is 8.45. The van der Waals surface area contributed by atoms with Gasteiger partial charge < -0.3 is 19.2 Å². The number of ether oxygens (including phenoxy) is 1. The van der Waals surface area contributed by atoms with Crippen molar-refractivity contribution < 1.29 is 36.3 Å². The molecule has 192 valence electrons. The SMILES string of the molecule is CC(C)OC(=O)C1=CN(C(=O)c2ccc(F)c(F)c2)CC(C)(C)c2c1[nH]c1nc(C(F)(F)F)n(C)c21. The Bertz CT molecular complexity index is 1420. The van der Waals surface area contributed by atoms with Crippen LogP contribution in [0.4, 0.5) is 22.0 Å². The van der Waals surface area contributed by atoms with Gasteiger partial charge >= 0.3 is 12.1 Å². The minimum absolute atomic E-state index is 0.0773. The van der Waals surface area contributed by atoms with Gasteiger partial charge in [0.1, 0.15) is 0 Å². The summed E-state index contributed by atoms with van der Waals surface area (Å²) in [5, 5.41) is 0. The van der Waals surface area contributed by atoms with Crippen molar-refractivity contribution in [1.82, 2.24) is 19.4 Å². The molecule has 7 nitrogen and oxygen atoms in total. The molecule has 1 aliphatic heterocycles. The molecule has 3 heterocycles. The summed E-state index contributed by atoms with van der Waals surface area (Å²) in [7, 11) is 1.22. The van der Waals surface area contributed by atoms with Gasteiger partial charge in [0.15, 0.2) is 17.3 Å². The Morgan fingerprint density at radius 2 is 1.83 bits per heavy atom. The highest BCUT2D eigenvalue weighted by molar-refractivity contribution is 6.18. The molecule has 12 heteroatoms. The third kappa shape index (κ3) is 4.24. The number of esters is 1. The predicted molar refractivity (Wildman–Crippen MR) is 120 cm³/mol. The lowest BCUT2D eigenvalue weighted by atomic mass is 9.83. The quantitative estimate of drug-likeness (QED) is 0.401. The molecule has 3 aromatic rings. The number of imidazole rings is 1. The maximum Gasteiger partial charge on any atom is 0.449 e. The van der Waals surface area contributed by atoms with Crippen LogP contribution in [0.3, 0.4) is 0 Å². The molecule has 0 fully saturated rings. The third-order valence-corrected chi connectivity index (χ3v) is 5.87. The van der Waals surface area contributed by atoms with Gasteiger partial charge in [-0.25, -0.2) is 18.6 Å². The smallest absolute Gasteiger partial charge is 0.449 e. The Hall–Kier alpha value is -3.70. The summed E-state index contributed by atoms with van der Waals surface area (Å²) in [6.07, 6.45) is -4.05. The second-order valence-electron chi connectivity index (χ2n) is 9.51. The van der Waals surface area contributed by atoms with Crippen LogP contribution in [-0.2, 0) is 28.2 Å². The molecular formula is C24H23F5N4O3. The molecule has 1 N–H and O–H groups in total. The van der Waals surface area contributed by atoms with E-state index in [2.05, 4.69) is 9.97 Å². The number of benzene rings is 1. The summed E-state index contributed by atoms with van der Waals surface area (Å²) in [6.45, 7) is 6.51. The molecule has 2 aromatic heterocycles. The number of H-pyrrole nitrogens is 1. The number of carbonyl (C=O) groups excluding carboxylic acids is 2. The summed E-state index contributed by atoms with van der Waals surface area (Å²) in [4.78, 5) is 34.0. The monoisotopic (exact) mass is 510 g/mol. The molecule has 36 heavy (non-hydrogen) atoms. The summed E-state index contributed by atoms with van der Waals surface area (Å²) < 4.78 is 74.1. The van der Waals surface area contributed by atoms with Crippen molar-refractivity contribution in [3.05, 3.63) is 58.7 Å². The molecule has 0 unspecified atom stereocenters. The second-order valence-corrected chi connectivity index (χ2v) is 9.51. The van der Waals surface area contributed by atoms with E-state index in [1.807, 2.05) is 0 Å². The minimum Gasteiger partial charge on any atom is -0.459 e. The molecule has 0 aliphatic carbocycles. The number of halogens is 5. The molecule has 0 saturated carbocycles. The van der Waals surface area contributed by atoms with Crippen molar-refractivity contribution in [3.8, 4) is 0 Å². The normalized spacial score (nSPS) is 15.6. The lowest BCUT2D eigenvalue weighted by molar-refractivity contribution is -0.146. The van der Waals surface area contributed by atoms with E-state index in [0.29, 0.717) is 5.56 Å². The van der Waals surface area contributed by atoms with Gasteiger partial charge in [-0.1, -0.05) is 13.8 Å². The zero-order valence-corrected chi connectivity index (χ0v) is 20.1. The first-order chi connectivity index (χ1) is 16.6. The standard InChI is InChI=1S/C24H23F5N4O3/c1-11(2)36-21(35)13-9-33(20(34)12-6-7-14(25)15(26)8-12)10-23(3,4)16-17(13)30-19-18(16)32(5)22(31-19)24(27,28)29/h6-9,11,30H,10H2,1-5H3. The molecular weight excluding hydrogens is 487 g/mol. The van der Waals surface area contributed by atoms with Crippen molar-refractivity contribution in [2.24, 2.45) is 7.05 Å². The van der Waals surface area contributed by atoms with E-state index in [9.17, 15) is 31.5 Å². The third-order valence-electron chi connectivity index (χ3n) is 5.87. The molecule has 1 amide bonds. The number of hydrogen-bond acceptors (Lipinski definition) is 4. The summed E-state index contributed by atoms with van der Waals surface area (Å²) in [5.41, 5.74) is -0.780. The van der Waals surface area contributed by atoms with E-state index in [1.54, 1.807) is 27.7 Å². The van der Waals surface area contributed by atoms with Crippen molar-refractivity contribution in [2.45, 2.75) is 45.4 Å². The van der Waals surface area contributed by atoms with Crippen LogP contribution in [0, 0.1) is 11.6 Å². The van der Waals surface area contributed by atoms with Crippen LogP contribution in [-0.4, -0.2) is 44.0 Å². The zero-order chi connectivity index (χ0) is 26.7. The number of rotatable bonds is 3. The number of aromatic nitrogens is 3. The number of amides is 1. The lowest BCUT2D eigenvalue weighted by Crippen LogP contribution is -2.37. The first-order valence-corrected chi connectivity index (χ1v) is 11.0. The van der Waals surface area contributed by atoms with Crippen LogP contribution < -0.4 is 0 Å². The average Bonchev–Trinajstić information content (AvgIpc) is 3.25. The fourth-order valence-electron chi connectivity index (χ4n) is 4.41. The Labute approximate surface area is 202 Å². The largest absolute Gasteiger partial charge is 0.459 e. The lowest BCUT2D eigenvalue weighted by Gasteiger charge is -2.29. The van der Waals surface area contributed by atoms with Gasteiger partial charge in [0.2, 0.25) is 5.82 Å². The van der Waals surface area contributed by atoms with Crippen molar-refractivity contribution in [3.63, 3.8) is 0 Å². The van der Waals surface area contributed by atoms with E-state index in [-0.39, 0.29) is 34.5 Å². The number of nitrogens with one attached hydrogen (secondary N) is 1. The average molecular weight is 510 g/mol. The maximum absolute atomic E-state index is 13.8. The molecule has 1 aliphatic rings. The van der Waals surface area contributed by atoms with E-state index >= 15 is 0 Å². The Kier molecular flexibility index (Phi) is 5.96. The van der Waals surface area contributed by atoms with Gasteiger partial charge in [-0.3, -0.25) is 4.79 Å². The minimum atomic E-state index is -4.72. The molecule has 4 rings (SSSR count). The molecule has 0 radical (unpaired) electrons. The van der Waals surface area contributed by atoms with Crippen LogP contribution in [0.5, 0.6) is 0 Å². The Morgan fingerprint density at radius 1 is 1.17 bits per heavy atom. The molecule has 1 aromatic carbocycles. The Morgan fingerprint density at radius 3 is 2.42 bits per heavy atom. The Balaban J connectivity index is 1.93. The van der Waals surface area contributed by atoms with Crippen LogP contribution in [0.25, 0.3) is 16.7 Å². The maximum atomic E-state index is 13.8. The van der Waals surface area contributed by atoms with E-state index in [4.69, 9.17) is 4.74 Å². The number of aromatic amines is 1. The van der Waals surface area contributed by atoms with Crippen LogP contribution in [0.2, 0.25) is 0 Å². The number of fused-ring (bicyclic) bond motifs is 3. The summed E-state index contributed by atoms with van der Waals surface area (Å²) in [6, 6.07) is 2.65. The van der Waals surface area contributed by atoms with Crippen molar-refractivity contribution in [2.75, 3.05) is 6.54 Å². The van der Waals surface area contributed by atoms with E-state index in [1.165, 1.54) is 13.2 Å². The topological polar surface area (TPSA) is 80.2 Å². The van der Waals surface area contributed by atoms with Gasteiger partial charge in [-0.05, 0) is 32.0 Å². The molecule has 0 bridgehead atoms. The van der Waals surface area contributed by atoms with Crippen LogP contribution in [0.15, 0.2) is 24.4 Å². The number of carbonyl (C=O) groups is 2.